The Bertz CT molecular complexity index is 347. The highest BCUT2D eigenvalue weighted by molar-refractivity contribution is 6.34. The van der Waals surface area contributed by atoms with E-state index in [0.29, 0.717) is 6.07 Å². The van der Waals surface area contributed by atoms with Crippen molar-refractivity contribution in [3.63, 3.8) is 0 Å². The molecule has 0 fully saturated rings. The van der Waals surface area contributed by atoms with Crippen molar-refractivity contribution in [2.45, 2.75) is 0 Å². The van der Waals surface area contributed by atoms with Gasteiger partial charge in [-0.1, -0.05) is 11.6 Å². The number of carbonyl (C=O) groups is 1. The van der Waals surface area contributed by atoms with Gasteiger partial charge in [-0.25, -0.2) is 8.78 Å². The lowest BCUT2D eigenvalue weighted by atomic mass is 10.3. The van der Waals surface area contributed by atoms with Crippen molar-refractivity contribution in [2.24, 2.45) is 0 Å². The first-order chi connectivity index (χ1) is 6.54. The Hall–Kier alpha value is -0.870. The molecule has 1 aromatic rings. The summed E-state index contributed by atoms with van der Waals surface area (Å²) >= 11 is 10.7. The normalized spacial score (nSPS) is 10.0. The lowest BCUT2D eigenvalue weighted by molar-refractivity contribution is -0.113. The van der Waals surface area contributed by atoms with Crippen molar-refractivity contribution in [3.05, 3.63) is 28.8 Å². The van der Waals surface area contributed by atoms with Crippen molar-refractivity contribution in [3.8, 4) is 0 Å². The highest BCUT2D eigenvalue weighted by atomic mass is 35.5. The zero-order valence-electron chi connectivity index (χ0n) is 6.78. The van der Waals surface area contributed by atoms with Crippen LogP contribution in [0.25, 0.3) is 0 Å². The maximum absolute atomic E-state index is 13.0. The molecule has 0 saturated heterocycles. The Balaban J connectivity index is 3.02. The third-order valence-corrected chi connectivity index (χ3v) is 1.93. The summed E-state index contributed by atoms with van der Waals surface area (Å²) in [4.78, 5) is 10.8. The minimum Gasteiger partial charge on any atom is -0.321 e. The molecule has 0 atom stereocenters. The van der Waals surface area contributed by atoms with Crippen LogP contribution in [0.15, 0.2) is 12.1 Å². The summed E-state index contributed by atoms with van der Waals surface area (Å²) in [5.41, 5.74) is -0.265. The predicted molar refractivity (Wildman–Crippen MR) is 50.7 cm³/mol. The molecule has 1 N–H and O–H groups in total. The second kappa shape index (κ2) is 4.57. The zero-order valence-corrected chi connectivity index (χ0v) is 8.29. The van der Waals surface area contributed by atoms with Gasteiger partial charge in [0.05, 0.1) is 10.7 Å². The monoisotopic (exact) mass is 239 g/mol. The molecule has 1 amide bonds. The number of rotatable bonds is 2. The summed E-state index contributed by atoms with van der Waals surface area (Å²) in [5.74, 6) is -2.68. The van der Waals surface area contributed by atoms with Gasteiger partial charge in [0.25, 0.3) is 0 Å². The topological polar surface area (TPSA) is 29.1 Å². The van der Waals surface area contributed by atoms with E-state index in [1.165, 1.54) is 0 Å². The molecule has 0 aliphatic heterocycles. The molecule has 76 valence electrons. The van der Waals surface area contributed by atoms with Gasteiger partial charge < -0.3 is 5.32 Å². The fourth-order valence-corrected chi connectivity index (χ4v) is 1.14. The fourth-order valence-electron chi connectivity index (χ4n) is 0.834. The van der Waals surface area contributed by atoms with Crippen LogP contribution in [-0.2, 0) is 4.79 Å². The first-order valence-corrected chi connectivity index (χ1v) is 4.46. The van der Waals surface area contributed by atoms with E-state index in [-0.39, 0.29) is 16.6 Å². The van der Waals surface area contributed by atoms with Crippen LogP contribution in [0.3, 0.4) is 0 Å². The van der Waals surface area contributed by atoms with Crippen LogP contribution in [0.5, 0.6) is 0 Å². The number of halogens is 4. The van der Waals surface area contributed by atoms with E-state index in [1.54, 1.807) is 0 Å². The zero-order chi connectivity index (χ0) is 10.7. The minimum atomic E-state index is -0.937. The second-order valence-corrected chi connectivity index (χ2v) is 3.10. The molecule has 0 aromatic heterocycles. The van der Waals surface area contributed by atoms with Crippen LogP contribution < -0.4 is 5.32 Å². The summed E-state index contributed by atoms with van der Waals surface area (Å²) in [6.45, 7) is 0. The number of hydrogen-bond acceptors (Lipinski definition) is 1. The number of benzene rings is 1. The maximum atomic E-state index is 13.0. The van der Waals surface area contributed by atoms with Crippen LogP contribution >= 0.6 is 23.2 Å². The summed E-state index contributed by atoms with van der Waals surface area (Å²) < 4.78 is 25.6. The van der Waals surface area contributed by atoms with E-state index in [0.717, 1.165) is 6.07 Å². The van der Waals surface area contributed by atoms with Crippen LogP contribution in [0, 0.1) is 11.6 Å². The average Bonchev–Trinajstić information content (AvgIpc) is 2.10. The maximum Gasteiger partial charge on any atom is 0.239 e. The third kappa shape index (κ3) is 2.56. The molecule has 0 radical (unpaired) electrons. The van der Waals surface area contributed by atoms with Gasteiger partial charge in [-0.15, -0.1) is 11.6 Å². The number of nitrogens with one attached hydrogen (secondary N) is 1. The molecule has 14 heavy (non-hydrogen) atoms. The molecule has 0 bridgehead atoms. The highest BCUT2D eigenvalue weighted by Crippen LogP contribution is 2.26. The number of amides is 1. The number of alkyl halides is 1. The first-order valence-electron chi connectivity index (χ1n) is 3.55. The number of hydrogen-bond donors (Lipinski definition) is 1. The van der Waals surface area contributed by atoms with Gasteiger partial charge in [-0.2, -0.15) is 0 Å². The molecular formula is C8H5Cl2F2NO. The smallest absolute Gasteiger partial charge is 0.239 e. The fraction of sp³-hybridized carbons (Fsp3) is 0.125. The molecule has 2 nitrogen and oxygen atoms in total. The summed E-state index contributed by atoms with van der Waals surface area (Å²) in [6.07, 6.45) is 0. The summed E-state index contributed by atoms with van der Waals surface area (Å²) in [7, 11) is 0. The quantitative estimate of drug-likeness (QED) is 0.791. The molecule has 0 aliphatic carbocycles. The van der Waals surface area contributed by atoms with Crippen molar-refractivity contribution in [1.82, 2.24) is 0 Å². The predicted octanol–water partition coefficient (Wildman–Crippen LogP) is 2.80. The lowest BCUT2D eigenvalue weighted by Gasteiger charge is -2.06. The molecule has 1 aromatic carbocycles. The SMILES string of the molecule is O=C(CCl)Nc1c(F)cc(F)cc1Cl. The number of anilines is 1. The highest BCUT2D eigenvalue weighted by Gasteiger charge is 2.11. The van der Waals surface area contributed by atoms with Crippen molar-refractivity contribution in [1.29, 1.82) is 0 Å². The standard InChI is InChI=1S/C8H5Cl2F2NO/c9-3-7(14)13-8-5(10)1-4(11)2-6(8)12/h1-2H,3H2,(H,13,14). The minimum absolute atomic E-state index is 0.207. The third-order valence-electron chi connectivity index (χ3n) is 1.39. The molecule has 6 heteroatoms. The van der Waals surface area contributed by atoms with Gasteiger partial charge in [0.2, 0.25) is 5.91 Å². The van der Waals surface area contributed by atoms with E-state index in [4.69, 9.17) is 23.2 Å². The van der Waals surface area contributed by atoms with E-state index in [1.807, 2.05) is 0 Å². The van der Waals surface area contributed by atoms with Gasteiger partial charge in [-0.05, 0) is 6.07 Å². The van der Waals surface area contributed by atoms with Crippen molar-refractivity contribution < 1.29 is 13.6 Å². The van der Waals surface area contributed by atoms with Gasteiger partial charge in [-0.3, -0.25) is 4.79 Å². The lowest BCUT2D eigenvalue weighted by Crippen LogP contribution is -2.14. The van der Waals surface area contributed by atoms with E-state index < -0.39 is 17.5 Å². The first kappa shape index (κ1) is 11.2. The molecular weight excluding hydrogens is 235 g/mol. The van der Waals surface area contributed by atoms with Crippen LogP contribution in [0.1, 0.15) is 0 Å². The van der Waals surface area contributed by atoms with Crippen LogP contribution in [-0.4, -0.2) is 11.8 Å². The van der Waals surface area contributed by atoms with Crippen LogP contribution in [0.4, 0.5) is 14.5 Å². The van der Waals surface area contributed by atoms with E-state index in [9.17, 15) is 13.6 Å². The second-order valence-electron chi connectivity index (χ2n) is 2.43. The van der Waals surface area contributed by atoms with Crippen molar-refractivity contribution in [2.75, 3.05) is 11.2 Å². The molecule has 0 heterocycles. The Morgan fingerprint density at radius 2 is 2.07 bits per heavy atom. The summed E-state index contributed by atoms with van der Waals surface area (Å²) in [5, 5.41) is 1.90. The van der Waals surface area contributed by atoms with Gasteiger partial charge in [0.1, 0.15) is 11.7 Å². The van der Waals surface area contributed by atoms with Gasteiger partial charge >= 0.3 is 0 Å². The Kier molecular flexibility index (Phi) is 3.66. The Morgan fingerprint density at radius 3 is 2.57 bits per heavy atom. The Morgan fingerprint density at radius 1 is 1.43 bits per heavy atom. The van der Waals surface area contributed by atoms with Gasteiger partial charge in [0.15, 0.2) is 5.82 Å². The average molecular weight is 240 g/mol. The molecule has 1 rings (SSSR count). The van der Waals surface area contributed by atoms with Gasteiger partial charge in [0, 0.05) is 6.07 Å². The summed E-state index contributed by atoms with van der Waals surface area (Å²) in [6, 6.07) is 1.52. The Labute approximate surface area is 88.8 Å². The van der Waals surface area contributed by atoms with E-state index in [2.05, 4.69) is 5.32 Å². The molecule has 0 saturated carbocycles. The molecule has 0 aliphatic rings. The largest absolute Gasteiger partial charge is 0.321 e. The molecule has 0 unspecified atom stereocenters. The van der Waals surface area contributed by atoms with Crippen molar-refractivity contribution >= 4 is 34.8 Å². The van der Waals surface area contributed by atoms with Crippen LogP contribution in [0.2, 0.25) is 5.02 Å². The molecule has 0 spiro atoms. The number of carbonyl (C=O) groups excluding carboxylic acids is 1. The van der Waals surface area contributed by atoms with E-state index >= 15 is 0 Å².